The SMILES string of the molecule is CCCSc1ccc(CCC=N)c(NC(=S)NC(=O)OC)c1. The third-order valence-corrected chi connectivity index (χ3v) is 4.17. The lowest BCUT2D eigenvalue weighted by Crippen LogP contribution is -2.34. The molecule has 0 heterocycles. The van der Waals surface area contributed by atoms with E-state index in [1.54, 1.807) is 11.8 Å². The van der Waals surface area contributed by atoms with Gasteiger partial charge in [0, 0.05) is 10.6 Å². The molecule has 0 aliphatic rings. The Hall–Kier alpha value is -1.60. The van der Waals surface area contributed by atoms with Gasteiger partial charge in [-0.25, -0.2) is 4.79 Å². The molecule has 3 N–H and O–H groups in total. The molecule has 0 aliphatic heterocycles. The van der Waals surface area contributed by atoms with Gasteiger partial charge in [0.25, 0.3) is 0 Å². The smallest absolute Gasteiger partial charge is 0.413 e. The number of aryl methyl sites for hydroxylation is 1. The molecule has 0 fully saturated rings. The summed E-state index contributed by atoms with van der Waals surface area (Å²) in [6, 6.07) is 6.12. The summed E-state index contributed by atoms with van der Waals surface area (Å²) >= 11 is 6.88. The van der Waals surface area contributed by atoms with Gasteiger partial charge in [0.1, 0.15) is 0 Å². The lowest BCUT2D eigenvalue weighted by molar-refractivity contribution is 0.177. The second kappa shape index (κ2) is 10.2. The summed E-state index contributed by atoms with van der Waals surface area (Å²) in [7, 11) is 1.29. The zero-order valence-corrected chi connectivity index (χ0v) is 14.4. The predicted molar refractivity (Wildman–Crippen MR) is 96.3 cm³/mol. The fourth-order valence-corrected chi connectivity index (χ4v) is 2.72. The molecule has 22 heavy (non-hydrogen) atoms. The van der Waals surface area contributed by atoms with Gasteiger partial charge in [-0.15, -0.1) is 11.8 Å². The zero-order valence-electron chi connectivity index (χ0n) is 12.8. The van der Waals surface area contributed by atoms with E-state index in [0.717, 1.165) is 34.7 Å². The Balaban J connectivity index is 2.87. The number of carbonyl (C=O) groups is 1. The highest BCUT2D eigenvalue weighted by Crippen LogP contribution is 2.26. The molecule has 0 radical (unpaired) electrons. The summed E-state index contributed by atoms with van der Waals surface area (Å²) in [4.78, 5) is 12.3. The van der Waals surface area contributed by atoms with Crippen molar-refractivity contribution in [1.82, 2.24) is 5.32 Å². The number of hydrogen-bond donors (Lipinski definition) is 3. The number of hydrogen-bond acceptors (Lipinski definition) is 5. The summed E-state index contributed by atoms with van der Waals surface area (Å²) in [6.45, 7) is 2.14. The number of benzene rings is 1. The highest BCUT2D eigenvalue weighted by molar-refractivity contribution is 7.99. The van der Waals surface area contributed by atoms with E-state index in [9.17, 15) is 4.79 Å². The Labute approximate surface area is 140 Å². The summed E-state index contributed by atoms with van der Waals surface area (Å²) in [5.41, 5.74) is 1.91. The average molecular weight is 339 g/mol. The van der Waals surface area contributed by atoms with Crippen LogP contribution in [0.2, 0.25) is 0 Å². The number of ether oxygens (including phenoxy) is 1. The topological polar surface area (TPSA) is 74.2 Å². The van der Waals surface area contributed by atoms with Crippen molar-refractivity contribution < 1.29 is 9.53 Å². The highest BCUT2D eigenvalue weighted by Gasteiger charge is 2.08. The minimum Gasteiger partial charge on any atom is -0.453 e. The van der Waals surface area contributed by atoms with Crippen molar-refractivity contribution in [2.45, 2.75) is 31.1 Å². The standard InChI is InChI=1S/C15H21N3O2S2/c1-3-9-22-12-7-6-11(5-4-8-16)13(10-12)17-14(21)18-15(19)20-2/h6-8,10,16H,3-5,9H2,1-2H3,(H2,17,18,19,21). The van der Waals surface area contributed by atoms with E-state index in [-0.39, 0.29) is 5.11 Å². The molecular weight excluding hydrogens is 318 g/mol. The molecule has 5 nitrogen and oxygen atoms in total. The fourth-order valence-electron chi connectivity index (χ4n) is 1.72. The number of rotatable bonds is 7. The number of thioether (sulfide) groups is 1. The Morgan fingerprint density at radius 1 is 1.50 bits per heavy atom. The zero-order chi connectivity index (χ0) is 16.4. The number of methoxy groups -OCH3 is 1. The van der Waals surface area contributed by atoms with Crippen LogP contribution in [-0.2, 0) is 11.2 Å². The van der Waals surface area contributed by atoms with Crippen LogP contribution < -0.4 is 10.6 Å². The second-order valence-electron chi connectivity index (χ2n) is 4.48. The van der Waals surface area contributed by atoms with Crippen LogP contribution in [0, 0.1) is 5.41 Å². The minimum absolute atomic E-state index is 0.195. The van der Waals surface area contributed by atoms with Crippen LogP contribution in [0.1, 0.15) is 25.3 Å². The quantitative estimate of drug-likeness (QED) is 0.400. The first-order chi connectivity index (χ1) is 10.6. The molecule has 0 bridgehead atoms. The van der Waals surface area contributed by atoms with Crippen LogP contribution >= 0.6 is 24.0 Å². The van der Waals surface area contributed by atoms with Crippen molar-refractivity contribution >= 4 is 47.1 Å². The van der Waals surface area contributed by atoms with E-state index < -0.39 is 6.09 Å². The molecule has 1 aromatic carbocycles. The normalized spacial score (nSPS) is 9.91. The number of thiocarbonyl (C=S) groups is 1. The van der Waals surface area contributed by atoms with Gasteiger partial charge in [-0.3, -0.25) is 5.32 Å². The molecule has 0 aliphatic carbocycles. The third kappa shape index (κ3) is 6.44. The van der Waals surface area contributed by atoms with E-state index in [0.29, 0.717) is 6.42 Å². The fraction of sp³-hybridized carbons (Fsp3) is 0.400. The van der Waals surface area contributed by atoms with Gasteiger partial charge < -0.3 is 15.5 Å². The van der Waals surface area contributed by atoms with Gasteiger partial charge in [-0.05, 0) is 61.1 Å². The minimum atomic E-state index is -0.602. The molecule has 7 heteroatoms. The number of anilines is 1. The molecule has 1 amide bonds. The average Bonchev–Trinajstić information content (AvgIpc) is 2.51. The first kappa shape index (κ1) is 18.4. The molecule has 0 atom stereocenters. The molecule has 0 spiro atoms. The predicted octanol–water partition coefficient (Wildman–Crippen LogP) is 3.82. The van der Waals surface area contributed by atoms with E-state index in [1.807, 2.05) is 12.1 Å². The van der Waals surface area contributed by atoms with Crippen LogP contribution in [0.3, 0.4) is 0 Å². The number of carbonyl (C=O) groups excluding carboxylic acids is 1. The Morgan fingerprint density at radius 2 is 2.27 bits per heavy atom. The van der Waals surface area contributed by atoms with Gasteiger partial charge in [0.05, 0.1) is 7.11 Å². The maximum atomic E-state index is 11.2. The van der Waals surface area contributed by atoms with Crippen molar-refractivity contribution in [1.29, 1.82) is 5.41 Å². The van der Waals surface area contributed by atoms with Crippen LogP contribution in [0.25, 0.3) is 0 Å². The van der Waals surface area contributed by atoms with Crippen LogP contribution in [0.4, 0.5) is 10.5 Å². The molecule has 0 unspecified atom stereocenters. The van der Waals surface area contributed by atoms with Gasteiger partial charge in [0.2, 0.25) is 0 Å². The second-order valence-corrected chi connectivity index (χ2v) is 6.06. The van der Waals surface area contributed by atoms with E-state index in [4.69, 9.17) is 17.6 Å². The number of alkyl carbamates (subject to hydrolysis) is 1. The summed E-state index contributed by atoms with van der Waals surface area (Å²) in [6.07, 6.45) is 3.29. The number of nitrogens with one attached hydrogen (secondary N) is 3. The third-order valence-electron chi connectivity index (χ3n) is 2.76. The van der Waals surface area contributed by atoms with Gasteiger partial charge in [-0.2, -0.15) is 0 Å². The van der Waals surface area contributed by atoms with E-state index >= 15 is 0 Å². The molecule has 1 aromatic rings. The largest absolute Gasteiger partial charge is 0.453 e. The first-order valence-corrected chi connectivity index (χ1v) is 8.40. The molecular formula is C15H21N3O2S2. The molecule has 120 valence electrons. The maximum Gasteiger partial charge on any atom is 0.413 e. The van der Waals surface area contributed by atoms with Crippen molar-refractivity contribution in [2.24, 2.45) is 0 Å². The Morgan fingerprint density at radius 3 is 2.91 bits per heavy atom. The van der Waals surface area contributed by atoms with Gasteiger partial charge >= 0.3 is 6.09 Å². The first-order valence-electron chi connectivity index (χ1n) is 7.01. The summed E-state index contributed by atoms with van der Waals surface area (Å²) < 4.78 is 4.52. The monoisotopic (exact) mass is 339 g/mol. The van der Waals surface area contributed by atoms with E-state index in [2.05, 4.69) is 28.4 Å². The van der Waals surface area contributed by atoms with Crippen LogP contribution in [-0.4, -0.2) is 30.3 Å². The maximum absolute atomic E-state index is 11.2. The van der Waals surface area contributed by atoms with Crippen molar-refractivity contribution in [3.8, 4) is 0 Å². The lowest BCUT2D eigenvalue weighted by Gasteiger charge is -2.14. The summed E-state index contributed by atoms with van der Waals surface area (Å²) in [5.74, 6) is 1.05. The van der Waals surface area contributed by atoms with Crippen LogP contribution in [0.15, 0.2) is 23.1 Å². The molecule has 0 saturated heterocycles. The number of amides is 1. The van der Waals surface area contributed by atoms with Crippen LogP contribution in [0.5, 0.6) is 0 Å². The van der Waals surface area contributed by atoms with Gasteiger partial charge in [-0.1, -0.05) is 13.0 Å². The summed E-state index contributed by atoms with van der Waals surface area (Å²) in [5, 5.41) is 12.8. The van der Waals surface area contributed by atoms with Gasteiger partial charge in [0.15, 0.2) is 5.11 Å². The van der Waals surface area contributed by atoms with E-state index in [1.165, 1.54) is 13.3 Å². The van der Waals surface area contributed by atoms with Crippen molar-refractivity contribution in [3.05, 3.63) is 23.8 Å². The highest BCUT2D eigenvalue weighted by atomic mass is 32.2. The lowest BCUT2D eigenvalue weighted by atomic mass is 10.1. The Bertz CT molecular complexity index is 536. The molecule has 0 aromatic heterocycles. The van der Waals surface area contributed by atoms with Crippen molar-refractivity contribution in [2.75, 3.05) is 18.2 Å². The molecule has 1 rings (SSSR count). The van der Waals surface area contributed by atoms with Crippen molar-refractivity contribution in [3.63, 3.8) is 0 Å². The Kier molecular flexibility index (Phi) is 8.54. The molecule has 0 saturated carbocycles.